The molecule has 0 aliphatic rings. The van der Waals surface area contributed by atoms with Crippen LogP contribution in [0.3, 0.4) is 0 Å². The van der Waals surface area contributed by atoms with Gasteiger partial charge in [0.25, 0.3) is 10.2 Å². The summed E-state index contributed by atoms with van der Waals surface area (Å²) in [4.78, 5) is 0. The van der Waals surface area contributed by atoms with Crippen LogP contribution in [0.4, 0.5) is 0 Å². The van der Waals surface area contributed by atoms with Crippen LogP contribution >= 0.6 is 0 Å². The minimum absolute atomic E-state index is 0.265. The second-order valence-corrected chi connectivity index (χ2v) is 6.77. The van der Waals surface area contributed by atoms with Crippen molar-refractivity contribution < 1.29 is 8.42 Å². The Labute approximate surface area is 122 Å². The molecular weight excluding hydrogens is 272 g/mol. The highest BCUT2D eigenvalue weighted by Crippen LogP contribution is 2.14. The van der Waals surface area contributed by atoms with Crippen molar-refractivity contribution in [1.82, 2.24) is 9.44 Å². The van der Waals surface area contributed by atoms with Crippen LogP contribution in [0.25, 0.3) is 0 Å². The zero-order chi connectivity index (χ0) is 15.0. The fraction of sp³-hybridized carbons (Fsp3) is 0.467. The molecule has 1 rings (SSSR count). The van der Waals surface area contributed by atoms with Crippen LogP contribution in [0.5, 0.6) is 0 Å². The van der Waals surface area contributed by atoms with Crippen molar-refractivity contribution in [3.8, 4) is 0 Å². The highest BCUT2D eigenvalue weighted by Gasteiger charge is 2.16. The first kappa shape index (κ1) is 16.9. The van der Waals surface area contributed by atoms with E-state index in [9.17, 15) is 8.42 Å². The molecule has 0 heterocycles. The summed E-state index contributed by atoms with van der Waals surface area (Å²) in [5.74, 6) is 0.672. The Morgan fingerprint density at radius 2 is 1.85 bits per heavy atom. The maximum atomic E-state index is 11.9. The SMILES string of the molecule is C=CCC(CNS(=O)(=O)NCc1ccccc1)C(C)C. The van der Waals surface area contributed by atoms with E-state index >= 15 is 0 Å². The van der Waals surface area contributed by atoms with Crippen molar-refractivity contribution in [2.45, 2.75) is 26.8 Å². The van der Waals surface area contributed by atoms with Crippen LogP contribution in [-0.4, -0.2) is 15.0 Å². The molecule has 0 saturated heterocycles. The quantitative estimate of drug-likeness (QED) is 0.688. The summed E-state index contributed by atoms with van der Waals surface area (Å²) in [6.07, 6.45) is 2.63. The van der Waals surface area contributed by atoms with Gasteiger partial charge in [0.15, 0.2) is 0 Å². The molecule has 2 N–H and O–H groups in total. The van der Waals surface area contributed by atoms with E-state index in [-0.39, 0.29) is 5.92 Å². The third-order valence-electron chi connectivity index (χ3n) is 3.26. The summed E-state index contributed by atoms with van der Waals surface area (Å²) >= 11 is 0. The lowest BCUT2D eigenvalue weighted by Gasteiger charge is -2.19. The van der Waals surface area contributed by atoms with E-state index in [1.807, 2.05) is 36.4 Å². The third kappa shape index (κ3) is 6.32. The van der Waals surface area contributed by atoms with Gasteiger partial charge in [-0.3, -0.25) is 0 Å². The molecule has 1 aromatic rings. The second-order valence-electron chi connectivity index (χ2n) is 5.19. The molecule has 112 valence electrons. The molecular formula is C15H24N2O2S. The molecule has 0 aliphatic carbocycles. The highest BCUT2D eigenvalue weighted by molar-refractivity contribution is 7.87. The largest absolute Gasteiger partial charge is 0.277 e. The maximum absolute atomic E-state index is 11.9. The smallest absolute Gasteiger partial charge is 0.202 e. The van der Waals surface area contributed by atoms with E-state index in [0.29, 0.717) is 19.0 Å². The lowest BCUT2D eigenvalue weighted by atomic mass is 9.93. The van der Waals surface area contributed by atoms with Gasteiger partial charge in [0.2, 0.25) is 0 Å². The molecule has 4 nitrogen and oxygen atoms in total. The van der Waals surface area contributed by atoms with Gasteiger partial charge in [0.1, 0.15) is 0 Å². The van der Waals surface area contributed by atoms with Crippen molar-refractivity contribution in [2.24, 2.45) is 11.8 Å². The Morgan fingerprint density at radius 1 is 1.20 bits per heavy atom. The Kier molecular flexibility index (Phi) is 6.91. The molecule has 0 amide bonds. The zero-order valence-corrected chi connectivity index (χ0v) is 13.0. The molecule has 0 saturated carbocycles. The molecule has 0 aromatic heterocycles. The van der Waals surface area contributed by atoms with Gasteiger partial charge in [-0.2, -0.15) is 13.1 Å². The summed E-state index contributed by atoms with van der Waals surface area (Å²) in [5, 5.41) is 0. The molecule has 20 heavy (non-hydrogen) atoms. The van der Waals surface area contributed by atoms with Gasteiger partial charge in [0, 0.05) is 13.1 Å². The maximum Gasteiger partial charge on any atom is 0.277 e. The van der Waals surface area contributed by atoms with Crippen LogP contribution in [-0.2, 0) is 16.8 Å². The first-order valence-corrected chi connectivity index (χ1v) is 8.32. The predicted octanol–water partition coefficient (Wildman–Crippen LogP) is 2.46. The van der Waals surface area contributed by atoms with Gasteiger partial charge in [0.05, 0.1) is 0 Å². The monoisotopic (exact) mass is 296 g/mol. The normalized spacial score (nSPS) is 13.3. The Hall–Kier alpha value is -1.17. The highest BCUT2D eigenvalue weighted by atomic mass is 32.2. The first-order valence-electron chi connectivity index (χ1n) is 6.83. The van der Waals surface area contributed by atoms with Crippen LogP contribution in [0.1, 0.15) is 25.8 Å². The van der Waals surface area contributed by atoms with Gasteiger partial charge in [-0.25, -0.2) is 4.72 Å². The van der Waals surface area contributed by atoms with E-state index in [1.165, 1.54) is 0 Å². The minimum Gasteiger partial charge on any atom is -0.202 e. The van der Waals surface area contributed by atoms with E-state index in [4.69, 9.17) is 0 Å². The van der Waals surface area contributed by atoms with Crippen LogP contribution in [0, 0.1) is 11.8 Å². The predicted molar refractivity (Wildman–Crippen MR) is 83.3 cm³/mol. The number of benzene rings is 1. The van der Waals surface area contributed by atoms with Gasteiger partial charge >= 0.3 is 0 Å². The molecule has 0 bridgehead atoms. The average Bonchev–Trinajstić information content (AvgIpc) is 2.42. The minimum atomic E-state index is -3.46. The standard InChI is InChI=1S/C15H24N2O2S/c1-4-8-15(13(2)3)12-17-20(18,19)16-11-14-9-6-5-7-10-14/h4-7,9-10,13,15-17H,1,8,11-12H2,2-3H3. The van der Waals surface area contributed by atoms with E-state index in [1.54, 1.807) is 0 Å². The number of rotatable bonds is 9. The van der Waals surface area contributed by atoms with Gasteiger partial charge in [-0.1, -0.05) is 50.3 Å². The molecule has 5 heteroatoms. The lowest BCUT2D eigenvalue weighted by molar-refractivity contribution is 0.384. The van der Waals surface area contributed by atoms with Crippen molar-refractivity contribution in [2.75, 3.05) is 6.54 Å². The number of hydrogen-bond acceptors (Lipinski definition) is 2. The van der Waals surface area contributed by atoms with Gasteiger partial charge in [-0.05, 0) is 23.8 Å². The zero-order valence-electron chi connectivity index (χ0n) is 12.2. The van der Waals surface area contributed by atoms with Crippen molar-refractivity contribution in [3.63, 3.8) is 0 Å². The molecule has 1 atom stereocenters. The number of hydrogen-bond donors (Lipinski definition) is 2. The molecule has 0 fully saturated rings. The average molecular weight is 296 g/mol. The van der Waals surface area contributed by atoms with E-state index in [2.05, 4.69) is 29.9 Å². The van der Waals surface area contributed by atoms with Gasteiger partial charge in [-0.15, -0.1) is 6.58 Å². The Morgan fingerprint density at radius 3 is 2.40 bits per heavy atom. The summed E-state index contributed by atoms with van der Waals surface area (Å²) in [5.41, 5.74) is 0.935. The van der Waals surface area contributed by atoms with Crippen LogP contribution < -0.4 is 9.44 Å². The molecule has 0 aliphatic heterocycles. The summed E-state index contributed by atoms with van der Waals surface area (Å²) in [6.45, 7) is 8.60. The van der Waals surface area contributed by atoms with E-state index in [0.717, 1.165) is 12.0 Å². The third-order valence-corrected chi connectivity index (χ3v) is 4.33. The molecule has 1 aromatic carbocycles. The summed E-state index contributed by atoms with van der Waals surface area (Å²) in [7, 11) is -3.46. The second kappa shape index (κ2) is 8.19. The van der Waals surface area contributed by atoms with Crippen LogP contribution in [0.2, 0.25) is 0 Å². The molecule has 0 spiro atoms. The Balaban J connectivity index is 2.47. The Bertz CT molecular complexity index is 498. The van der Waals surface area contributed by atoms with Crippen molar-refractivity contribution >= 4 is 10.2 Å². The lowest BCUT2D eigenvalue weighted by Crippen LogP contribution is -2.39. The number of nitrogens with one attached hydrogen (secondary N) is 2. The fourth-order valence-corrected chi connectivity index (χ4v) is 2.74. The molecule has 1 unspecified atom stereocenters. The van der Waals surface area contributed by atoms with Gasteiger partial charge < -0.3 is 0 Å². The topological polar surface area (TPSA) is 58.2 Å². The summed E-state index contributed by atoms with van der Waals surface area (Å²) in [6, 6.07) is 9.44. The van der Waals surface area contributed by atoms with E-state index < -0.39 is 10.2 Å². The van der Waals surface area contributed by atoms with Crippen molar-refractivity contribution in [1.29, 1.82) is 0 Å². The first-order chi connectivity index (χ1) is 9.44. The molecule has 0 radical (unpaired) electrons. The fourth-order valence-electron chi connectivity index (χ4n) is 1.85. The van der Waals surface area contributed by atoms with Crippen LogP contribution in [0.15, 0.2) is 43.0 Å². The summed E-state index contributed by atoms with van der Waals surface area (Å²) < 4.78 is 28.9. The van der Waals surface area contributed by atoms with Crippen molar-refractivity contribution in [3.05, 3.63) is 48.6 Å². The number of allylic oxidation sites excluding steroid dienone is 1.